The number of anilines is 1. The Morgan fingerprint density at radius 3 is 2.59 bits per heavy atom. The van der Waals surface area contributed by atoms with E-state index in [-0.39, 0.29) is 23.7 Å². The van der Waals surface area contributed by atoms with Gasteiger partial charge in [-0.05, 0) is 35.7 Å². The Kier molecular flexibility index (Phi) is 5.70. The predicted molar refractivity (Wildman–Crippen MR) is 101 cm³/mol. The largest absolute Gasteiger partial charge is 0.354 e. The summed E-state index contributed by atoms with van der Waals surface area (Å²) in [5, 5.41) is 8.95. The Morgan fingerprint density at radius 2 is 2.00 bits per heavy atom. The number of carbonyl (C=O) groups is 1. The third kappa shape index (κ3) is 4.43. The van der Waals surface area contributed by atoms with E-state index in [4.69, 9.17) is 5.26 Å². The SMILES string of the molecule is CC(C)[C@H]1CN(c2ccc(C#N)cn2)CCC(=O)N1Cc1ccc(F)cc1. The number of nitrogens with zero attached hydrogens (tertiary/aromatic N) is 4. The molecule has 1 aliphatic rings. The van der Waals surface area contributed by atoms with Crippen LogP contribution < -0.4 is 4.90 Å². The highest BCUT2D eigenvalue weighted by Crippen LogP contribution is 2.24. The lowest BCUT2D eigenvalue weighted by Gasteiger charge is -2.35. The normalized spacial score (nSPS) is 17.7. The Hall–Kier alpha value is -2.94. The Morgan fingerprint density at radius 1 is 1.26 bits per heavy atom. The first-order valence-electron chi connectivity index (χ1n) is 9.13. The Bertz CT molecular complexity index is 827. The highest BCUT2D eigenvalue weighted by atomic mass is 19.1. The molecule has 2 heterocycles. The third-order valence-electron chi connectivity index (χ3n) is 4.96. The van der Waals surface area contributed by atoms with Crippen LogP contribution in [0.1, 0.15) is 31.4 Å². The van der Waals surface area contributed by atoms with Crippen LogP contribution in [0.4, 0.5) is 10.2 Å². The van der Waals surface area contributed by atoms with Crippen LogP contribution in [-0.2, 0) is 11.3 Å². The third-order valence-corrected chi connectivity index (χ3v) is 4.96. The highest BCUT2D eigenvalue weighted by molar-refractivity contribution is 5.78. The zero-order chi connectivity index (χ0) is 19.4. The van der Waals surface area contributed by atoms with Crippen molar-refractivity contribution in [3.63, 3.8) is 0 Å². The maximum atomic E-state index is 13.2. The summed E-state index contributed by atoms with van der Waals surface area (Å²) in [6.07, 6.45) is 1.95. The van der Waals surface area contributed by atoms with Gasteiger partial charge >= 0.3 is 0 Å². The lowest BCUT2D eigenvalue weighted by atomic mass is 10.0. The molecule has 0 N–H and O–H groups in total. The quantitative estimate of drug-likeness (QED) is 0.833. The van der Waals surface area contributed by atoms with Crippen molar-refractivity contribution in [2.24, 2.45) is 5.92 Å². The number of nitriles is 1. The van der Waals surface area contributed by atoms with Crippen molar-refractivity contribution >= 4 is 11.7 Å². The lowest BCUT2D eigenvalue weighted by Crippen LogP contribution is -2.46. The van der Waals surface area contributed by atoms with Crippen LogP contribution in [0.15, 0.2) is 42.6 Å². The number of aromatic nitrogens is 1. The summed E-state index contributed by atoms with van der Waals surface area (Å²) in [4.78, 5) is 21.2. The van der Waals surface area contributed by atoms with Crippen LogP contribution in [-0.4, -0.2) is 34.9 Å². The van der Waals surface area contributed by atoms with Gasteiger partial charge in [0.25, 0.3) is 0 Å². The molecule has 1 aromatic carbocycles. The molecule has 1 saturated heterocycles. The van der Waals surface area contributed by atoms with E-state index in [0.29, 0.717) is 31.6 Å². The minimum Gasteiger partial charge on any atom is -0.354 e. The molecule has 0 saturated carbocycles. The van der Waals surface area contributed by atoms with Gasteiger partial charge in [0.1, 0.15) is 17.7 Å². The Labute approximate surface area is 159 Å². The van der Waals surface area contributed by atoms with Crippen LogP contribution >= 0.6 is 0 Å². The van der Waals surface area contributed by atoms with Gasteiger partial charge in [0, 0.05) is 32.3 Å². The van der Waals surface area contributed by atoms with E-state index < -0.39 is 0 Å². The van der Waals surface area contributed by atoms with Gasteiger partial charge in [0.2, 0.25) is 5.91 Å². The molecule has 0 radical (unpaired) electrons. The molecule has 1 aliphatic heterocycles. The van der Waals surface area contributed by atoms with E-state index >= 15 is 0 Å². The Balaban J connectivity index is 1.83. The zero-order valence-electron chi connectivity index (χ0n) is 15.6. The smallest absolute Gasteiger partial charge is 0.224 e. The van der Waals surface area contributed by atoms with Crippen LogP contribution in [0.3, 0.4) is 0 Å². The average Bonchev–Trinajstić information content (AvgIpc) is 2.83. The second kappa shape index (κ2) is 8.17. The molecule has 0 spiro atoms. The summed E-state index contributed by atoms with van der Waals surface area (Å²) in [6.45, 7) is 5.93. The second-order valence-electron chi connectivity index (χ2n) is 7.17. The summed E-state index contributed by atoms with van der Waals surface area (Å²) >= 11 is 0. The average molecular weight is 366 g/mol. The molecule has 1 amide bonds. The van der Waals surface area contributed by atoms with Crippen LogP contribution in [0.2, 0.25) is 0 Å². The molecule has 0 aliphatic carbocycles. The van der Waals surface area contributed by atoms with Crippen LogP contribution in [0.25, 0.3) is 0 Å². The van der Waals surface area contributed by atoms with Gasteiger partial charge in [-0.3, -0.25) is 4.79 Å². The van der Waals surface area contributed by atoms with Gasteiger partial charge in [-0.1, -0.05) is 26.0 Å². The number of carbonyl (C=O) groups excluding carboxylic acids is 1. The molecular formula is C21H23FN4O. The number of hydrogen-bond donors (Lipinski definition) is 0. The zero-order valence-corrected chi connectivity index (χ0v) is 15.6. The molecule has 3 rings (SSSR count). The van der Waals surface area contributed by atoms with Gasteiger partial charge in [-0.2, -0.15) is 5.26 Å². The van der Waals surface area contributed by atoms with E-state index in [9.17, 15) is 9.18 Å². The van der Waals surface area contributed by atoms with Crippen molar-refractivity contribution in [3.8, 4) is 6.07 Å². The minimum absolute atomic E-state index is 0.0162. The molecule has 140 valence electrons. The molecule has 2 aromatic rings. The van der Waals surface area contributed by atoms with Gasteiger partial charge in [0.15, 0.2) is 0 Å². The van der Waals surface area contributed by atoms with E-state index in [1.54, 1.807) is 24.4 Å². The summed E-state index contributed by atoms with van der Waals surface area (Å²) in [7, 11) is 0. The van der Waals surface area contributed by atoms with E-state index in [1.807, 2.05) is 11.0 Å². The summed E-state index contributed by atoms with van der Waals surface area (Å²) in [6, 6.07) is 12.0. The van der Waals surface area contributed by atoms with Crippen LogP contribution in [0, 0.1) is 23.1 Å². The predicted octanol–water partition coefficient (Wildman–Crippen LogP) is 3.36. The molecule has 6 heteroatoms. The fourth-order valence-corrected chi connectivity index (χ4v) is 3.38. The van der Waals surface area contributed by atoms with Crippen molar-refractivity contribution in [1.82, 2.24) is 9.88 Å². The second-order valence-corrected chi connectivity index (χ2v) is 7.17. The topological polar surface area (TPSA) is 60.2 Å². The maximum absolute atomic E-state index is 13.2. The van der Waals surface area contributed by atoms with Crippen molar-refractivity contribution in [3.05, 3.63) is 59.5 Å². The molecule has 0 unspecified atom stereocenters. The number of pyridine rings is 1. The van der Waals surface area contributed by atoms with Crippen LogP contribution in [0.5, 0.6) is 0 Å². The number of benzene rings is 1. The first kappa shape index (κ1) is 18.8. The summed E-state index contributed by atoms with van der Waals surface area (Å²) in [5.41, 5.74) is 1.43. The first-order valence-corrected chi connectivity index (χ1v) is 9.13. The van der Waals surface area contributed by atoms with Crippen molar-refractivity contribution in [2.45, 2.75) is 32.9 Å². The fourth-order valence-electron chi connectivity index (χ4n) is 3.38. The minimum atomic E-state index is -0.278. The molecule has 0 bridgehead atoms. The van der Waals surface area contributed by atoms with Gasteiger partial charge in [-0.25, -0.2) is 9.37 Å². The van der Waals surface area contributed by atoms with E-state index in [0.717, 1.165) is 11.4 Å². The van der Waals surface area contributed by atoms with Gasteiger partial charge in [0.05, 0.1) is 11.6 Å². The van der Waals surface area contributed by atoms with E-state index in [2.05, 4.69) is 29.8 Å². The van der Waals surface area contributed by atoms with Crippen molar-refractivity contribution < 1.29 is 9.18 Å². The fraction of sp³-hybridized carbons (Fsp3) is 0.381. The molecule has 1 atom stereocenters. The summed E-state index contributed by atoms with van der Waals surface area (Å²) in [5.74, 6) is 0.845. The molecule has 5 nitrogen and oxygen atoms in total. The van der Waals surface area contributed by atoms with Gasteiger partial charge < -0.3 is 9.80 Å². The molecule has 1 fully saturated rings. The van der Waals surface area contributed by atoms with E-state index in [1.165, 1.54) is 12.1 Å². The number of rotatable bonds is 4. The maximum Gasteiger partial charge on any atom is 0.224 e. The molecular weight excluding hydrogens is 343 g/mol. The molecule has 27 heavy (non-hydrogen) atoms. The number of amides is 1. The first-order chi connectivity index (χ1) is 13.0. The lowest BCUT2D eigenvalue weighted by molar-refractivity contribution is -0.134. The number of halogens is 1. The van der Waals surface area contributed by atoms with Crippen molar-refractivity contribution in [1.29, 1.82) is 5.26 Å². The highest BCUT2D eigenvalue weighted by Gasteiger charge is 2.32. The summed E-state index contributed by atoms with van der Waals surface area (Å²) < 4.78 is 13.2. The van der Waals surface area contributed by atoms with Crippen molar-refractivity contribution in [2.75, 3.05) is 18.0 Å². The monoisotopic (exact) mass is 366 g/mol. The standard InChI is InChI=1S/C21H23FN4O/c1-15(2)19-14-25(20-8-5-17(11-23)12-24-20)10-9-21(27)26(19)13-16-3-6-18(22)7-4-16/h3-8,12,15,19H,9-10,13-14H2,1-2H3/t19-/m1/s1. The molecule has 1 aromatic heterocycles. The van der Waals surface area contributed by atoms with Gasteiger partial charge in [-0.15, -0.1) is 0 Å². The number of hydrogen-bond acceptors (Lipinski definition) is 4.